The first kappa shape index (κ1) is 19.3. The van der Waals surface area contributed by atoms with Crippen molar-refractivity contribution in [3.63, 3.8) is 0 Å². The minimum atomic E-state index is -3.59. The van der Waals surface area contributed by atoms with Crippen LogP contribution in [0.2, 0.25) is 0 Å². The lowest BCUT2D eigenvalue weighted by atomic mass is 9.67. The van der Waals surface area contributed by atoms with Crippen molar-refractivity contribution in [2.45, 2.75) is 36.3 Å². The third kappa shape index (κ3) is 3.65. The molecule has 1 atom stereocenters. The van der Waals surface area contributed by atoms with Gasteiger partial charge in [0.05, 0.1) is 13.0 Å². The number of nitrogens with one attached hydrogen (secondary N) is 1. The predicted molar refractivity (Wildman–Crippen MR) is 97.1 cm³/mol. The molecular weight excluding hydrogens is 376 g/mol. The van der Waals surface area contributed by atoms with E-state index in [9.17, 15) is 18.0 Å². The van der Waals surface area contributed by atoms with E-state index in [1.165, 1.54) is 22.8 Å². The van der Waals surface area contributed by atoms with E-state index in [0.29, 0.717) is 10.8 Å². The first-order valence-corrected chi connectivity index (χ1v) is 11.1. The Hall–Kier alpha value is -1.45. The van der Waals surface area contributed by atoms with Gasteiger partial charge in [0.15, 0.2) is 0 Å². The fourth-order valence-corrected chi connectivity index (χ4v) is 6.82. The number of thiophene rings is 1. The minimum Gasteiger partial charge on any atom is -0.468 e. The number of esters is 1. The summed E-state index contributed by atoms with van der Waals surface area (Å²) in [5.41, 5.74) is -0.344. The van der Waals surface area contributed by atoms with Crippen LogP contribution in [-0.2, 0) is 24.3 Å². The Morgan fingerprint density at radius 3 is 2.69 bits per heavy atom. The first-order valence-electron chi connectivity index (χ1n) is 8.77. The third-order valence-electron chi connectivity index (χ3n) is 5.51. The van der Waals surface area contributed by atoms with E-state index in [-0.39, 0.29) is 24.4 Å². The number of sulfonamides is 1. The molecule has 3 rings (SSSR count). The van der Waals surface area contributed by atoms with Gasteiger partial charge < -0.3 is 10.1 Å². The van der Waals surface area contributed by atoms with E-state index in [1.54, 1.807) is 17.5 Å². The average molecular weight is 401 g/mol. The highest BCUT2D eigenvalue weighted by atomic mass is 32.2. The molecule has 0 unspecified atom stereocenters. The van der Waals surface area contributed by atoms with Gasteiger partial charge in [0.1, 0.15) is 10.8 Å². The van der Waals surface area contributed by atoms with E-state index in [4.69, 9.17) is 0 Å². The Morgan fingerprint density at radius 2 is 2.08 bits per heavy atom. The lowest BCUT2D eigenvalue weighted by Gasteiger charge is -2.37. The molecule has 2 aliphatic rings. The largest absolute Gasteiger partial charge is 0.468 e. The zero-order valence-corrected chi connectivity index (χ0v) is 16.4. The maximum Gasteiger partial charge on any atom is 0.325 e. The normalized spacial score (nSPS) is 23.0. The lowest BCUT2D eigenvalue weighted by Crippen LogP contribution is -2.44. The molecule has 1 amide bonds. The molecule has 7 nitrogen and oxygen atoms in total. The number of amides is 1. The summed E-state index contributed by atoms with van der Waals surface area (Å²) in [4.78, 5) is 24.1. The number of hydrogen-bond acceptors (Lipinski definition) is 6. The zero-order chi connectivity index (χ0) is 18.8. The van der Waals surface area contributed by atoms with Gasteiger partial charge in [-0.3, -0.25) is 9.59 Å². The Bertz CT molecular complexity index is 754. The molecule has 1 N–H and O–H groups in total. The van der Waals surface area contributed by atoms with Crippen LogP contribution in [0.25, 0.3) is 0 Å². The highest BCUT2D eigenvalue weighted by molar-refractivity contribution is 7.91. The van der Waals surface area contributed by atoms with Crippen molar-refractivity contribution in [1.29, 1.82) is 0 Å². The van der Waals surface area contributed by atoms with Gasteiger partial charge in [-0.25, -0.2) is 8.42 Å². The summed E-state index contributed by atoms with van der Waals surface area (Å²) < 4.78 is 32.2. The van der Waals surface area contributed by atoms with Crippen molar-refractivity contribution in [2.24, 2.45) is 11.3 Å². The van der Waals surface area contributed by atoms with Gasteiger partial charge in [0.25, 0.3) is 10.0 Å². The van der Waals surface area contributed by atoms with Crippen LogP contribution in [0.15, 0.2) is 21.7 Å². The van der Waals surface area contributed by atoms with Gasteiger partial charge in [0, 0.05) is 13.1 Å². The van der Waals surface area contributed by atoms with E-state index in [2.05, 4.69) is 10.1 Å². The summed E-state index contributed by atoms with van der Waals surface area (Å²) in [5, 5.41) is 4.36. The monoisotopic (exact) mass is 400 g/mol. The second kappa shape index (κ2) is 7.66. The van der Waals surface area contributed by atoms with Gasteiger partial charge in [-0.2, -0.15) is 4.31 Å². The molecule has 1 aromatic heterocycles. The molecule has 1 spiro atoms. The fraction of sp³-hybridized carbons (Fsp3) is 0.647. The topological polar surface area (TPSA) is 92.8 Å². The molecule has 9 heteroatoms. The van der Waals surface area contributed by atoms with Crippen molar-refractivity contribution in [2.75, 3.05) is 26.7 Å². The quantitative estimate of drug-likeness (QED) is 0.758. The number of carbonyl (C=O) groups is 2. The van der Waals surface area contributed by atoms with E-state index in [0.717, 1.165) is 32.1 Å². The van der Waals surface area contributed by atoms with Gasteiger partial charge in [0.2, 0.25) is 5.91 Å². The predicted octanol–water partition coefficient (Wildman–Crippen LogP) is 1.61. The number of nitrogens with zero attached hydrogens (tertiary/aromatic N) is 1. The summed E-state index contributed by atoms with van der Waals surface area (Å²) in [6.07, 6.45) is 4.76. The molecule has 2 fully saturated rings. The molecule has 144 valence electrons. The second-order valence-electron chi connectivity index (χ2n) is 7.00. The zero-order valence-electron chi connectivity index (χ0n) is 14.8. The molecule has 26 heavy (non-hydrogen) atoms. The number of methoxy groups -OCH3 is 1. The van der Waals surface area contributed by atoms with Crippen LogP contribution < -0.4 is 5.32 Å². The number of carbonyl (C=O) groups excluding carboxylic acids is 2. The Morgan fingerprint density at radius 1 is 1.35 bits per heavy atom. The SMILES string of the molecule is COC(=O)CNC(=O)[C@@H]1CN(S(=O)(=O)c2cccs2)CC12CCCCC2. The molecular formula is C17H24N2O5S2. The lowest BCUT2D eigenvalue weighted by molar-refractivity contribution is -0.142. The smallest absolute Gasteiger partial charge is 0.325 e. The van der Waals surface area contributed by atoms with Crippen LogP contribution in [-0.4, -0.2) is 51.3 Å². The minimum absolute atomic E-state index is 0.160. The Labute approximate surface area is 157 Å². The van der Waals surface area contributed by atoms with E-state index < -0.39 is 21.9 Å². The first-order chi connectivity index (χ1) is 12.4. The van der Waals surface area contributed by atoms with E-state index in [1.807, 2.05) is 0 Å². The Balaban J connectivity index is 1.82. The molecule has 1 saturated heterocycles. The standard InChI is InChI=1S/C17H24N2O5S2/c1-24-14(20)10-18-16(21)13-11-19(12-17(13)7-3-2-4-8-17)26(22,23)15-6-5-9-25-15/h5-6,9,13H,2-4,7-8,10-12H2,1H3,(H,18,21)/t13-/m0/s1. The summed E-state index contributed by atoms with van der Waals surface area (Å²) in [7, 11) is -2.33. The molecule has 2 heterocycles. The maximum absolute atomic E-state index is 12.9. The summed E-state index contributed by atoms with van der Waals surface area (Å²) in [6.45, 7) is 0.330. The van der Waals surface area contributed by atoms with Crippen LogP contribution in [0.1, 0.15) is 32.1 Å². The van der Waals surface area contributed by atoms with Crippen LogP contribution >= 0.6 is 11.3 Å². The highest BCUT2D eigenvalue weighted by Gasteiger charge is 2.53. The molecule has 1 aliphatic carbocycles. The number of rotatable bonds is 5. The molecule has 1 saturated carbocycles. The number of ether oxygens (including phenoxy) is 1. The maximum atomic E-state index is 12.9. The number of hydrogen-bond donors (Lipinski definition) is 1. The summed E-state index contributed by atoms with van der Waals surface area (Å²) in [5.74, 6) is -1.22. The van der Waals surface area contributed by atoms with Crippen LogP contribution in [0, 0.1) is 11.3 Å². The van der Waals surface area contributed by atoms with E-state index >= 15 is 0 Å². The third-order valence-corrected chi connectivity index (χ3v) is 8.69. The fourth-order valence-electron chi connectivity index (χ4n) is 4.12. The van der Waals surface area contributed by atoms with Crippen molar-refractivity contribution in [3.05, 3.63) is 17.5 Å². The average Bonchev–Trinajstić information content (AvgIpc) is 3.29. The molecule has 0 radical (unpaired) electrons. The molecule has 1 aliphatic heterocycles. The van der Waals surface area contributed by atoms with Crippen molar-refractivity contribution < 1.29 is 22.7 Å². The molecule has 0 aromatic carbocycles. The van der Waals surface area contributed by atoms with Gasteiger partial charge in [-0.1, -0.05) is 25.3 Å². The summed E-state index contributed by atoms with van der Waals surface area (Å²) in [6, 6.07) is 3.31. The molecule has 1 aromatic rings. The van der Waals surface area contributed by atoms with Crippen molar-refractivity contribution in [1.82, 2.24) is 9.62 Å². The Kier molecular flexibility index (Phi) is 5.69. The second-order valence-corrected chi connectivity index (χ2v) is 10.1. The summed E-state index contributed by atoms with van der Waals surface area (Å²) >= 11 is 1.19. The van der Waals surface area contributed by atoms with Crippen molar-refractivity contribution in [3.8, 4) is 0 Å². The van der Waals surface area contributed by atoms with Gasteiger partial charge in [-0.05, 0) is 29.7 Å². The van der Waals surface area contributed by atoms with Crippen molar-refractivity contribution >= 4 is 33.2 Å². The highest BCUT2D eigenvalue weighted by Crippen LogP contribution is 2.49. The van der Waals surface area contributed by atoms with Crippen LogP contribution in [0.3, 0.4) is 0 Å². The van der Waals surface area contributed by atoms with Gasteiger partial charge >= 0.3 is 5.97 Å². The molecule has 0 bridgehead atoms. The van der Waals surface area contributed by atoms with Crippen LogP contribution in [0.5, 0.6) is 0 Å². The van der Waals surface area contributed by atoms with Crippen LogP contribution in [0.4, 0.5) is 0 Å². The van der Waals surface area contributed by atoms with Gasteiger partial charge in [-0.15, -0.1) is 11.3 Å².